The van der Waals surface area contributed by atoms with Crippen molar-refractivity contribution in [3.8, 4) is 28.3 Å². The largest absolute Gasteiger partial charge is 0.497 e. The van der Waals surface area contributed by atoms with Gasteiger partial charge in [0.25, 0.3) is 0 Å². The molecule has 0 aliphatic heterocycles. The Morgan fingerprint density at radius 3 is 2.66 bits per heavy atom. The van der Waals surface area contributed by atoms with Gasteiger partial charge in [0.05, 0.1) is 19.0 Å². The molecule has 0 atom stereocenters. The molecule has 0 spiro atoms. The van der Waals surface area contributed by atoms with E-state index in [1.54, 1.807) is 13.3 Å². The summed E-state index contributed by atoms with van der Waals surface area (Å²) in [6, 6.07) is 17.4. The Balaban J connectivity index is 1.32. The standard InChI is InChI=1S/C22H19N3O3S/c1-27-17-9-7-15(8-10-17)18-14-29-22(24-18)25-20(26)11-12-21-23-13-19(28-21)16-5-3-2-4-6-16/h2-10,13-14H,11-12H2,1H3,(H,24,25,26). The van der Waals surface area contributed by atoms with Gasteiger partial charge >= 0.3 is 0 Å². The molecule has 0 fully saturated rings. The zero-order chi connectivity index (χ0) is 20.1. The highest BCUT2D eigenvalue weighted by molar-refractivity contribution is 7.14. The quantitative estimate of drug-likeness (QED) is 0.466. The Morgan fingerprint density at radius 1 is 1.10 bits per heavy atom. The summed E-state index contributed by atoms with van der Waals surface area (Å²) in [5, 5.41) is 5.32. The molecule has 4 rings (SSSR count). The van der Waals surface area contributed by atoms with E-state index in [1.165, 1.54) is 11.3 Å². The highest BCUT2D eigenvalue weighted by Gasteiger charge is 2.11. The van der Waals surface area contributed by atoms with Gasteiger partial charge in [-0.25, -0.2) is 9.97 Å². The fourth-order valence-electron chi connectivity index (χ4n) is 2.79. The molecule has 2 aromatic carbocycles. The highest BCUT2D eigenvalue weighted by Crippen LogP contribution is 2.26. The molecule has 29 heavy (non-hydrogen) atoms. The molecule has 4 aromatic rings. The van der Waals surface area contributed by atoms with Crippen LogP contribution in [0.5, 0.6) is 5.75 Å². The van der Waals surface area contributed by atoms with Crippen LogP contribution in [0.15, 0.2) is 70.6 Å². The number of anilines is 1. The molecule has 1 N–H and O–H groups in total. The van der Waals surface area contributed by atoms with Crippen LogP contribution in [0.25, 0.3) is 22.6 Å². The molecular formula is C22H19N3O3S. The first-order valence-electron chi connectivity index (χ1n) is 9.11. The topological polar surface area (TPSA) is 77.2 Å². The van der Waals surface area contributed by atoms with Crippen LogP contribution in [0.2, 0.25) is 0 Å². The lowest BCUT2D eigenvalue weighted by molar-refractivity contribution is -0.116. The number of hydrogen-bond donors (Lipinski definition) is 1. The Labute approximate surface area is 172 Å². The minimum atomic E-state index is -0.125. The van der Waals surface area contributed by atoms with E-state index in [-0.39, 0.29) is 12.3 Å². The number of hydrogen-bond acceptors (Lipinski definition) is 6. The molecule has 7 heteroatoms. The lowest BCUT2D eigenvalue weighted by Gasteiger charge is -2.01. The third-order valence-electron chi connectivity index (χ3n) is 4.31. The van der Waals surface area contributed by atoms with Crippen LogP contribution >= 0.6 is 11.3 Å². The summed E-state index contributed by atoms with van der Waals surface area (Å²) in [6.45, 7) is 0. The molecule has 0 radical (unpaired) electrons. The zero-order valence-corrected chi connectivity index (χ0v) is 16.6. The van der Waals surface area contributed by atoms with Gasteiger partial charge in [-0.05, 0) is 24.3 Å². The van der Waals surface area contributed by atoms with E-state index in [0.29, 0.717) is 23.2 Å². The third kappa shape index (κ3) is 4.70. The van der Waals surface area contributed by atoms with Crippen LogP contribution in [0.1, 0.15) is 12.3 Å². The monoisotopic (exact) mass is 405 g/mol. The van der Waals surface area contributed by atoms with Gasteiger partial charge in [0, 0.05) is 29.3 Å². The summed E-state index contributed by atoms with van der Waals surface area (Å²) in [5.74, 6) is 1.90. The van der Waals surface area contributed by atoms with Crippen molar-refractivity contribution in [3.05, 3.63) is 72.1 Å². The molecule has 2 aromatic heterocycles. The van der Waals surface area contributed by atoms with Gasteiger partial charge in [-0.3, -0.25) is 4.79 Å². The third-order valence-corrected chi connectivity index (χ3v) is 5.07. The predicted molar refractivity (Wildman–Crippen MR) is 113 cm³/mol. The van der Waals surface area contributed by atoms with Gasteiger partial charge in [0.2, 0.25) is 5.91 Å². The first-order chi connectivity index (χ1) is 14.2. The van der Waals surface area contributed by atoms with E-state index in [4.69, 9.17) is 9.15 Å². The van der Waals surface area contributed by atoms with Crippen LogP contribution in [0, 0.1) is 0 Å². The molecule has 0 aliphatic rings. The lowest BCUT2D eigenvalue weighted by Crippen LogP contribution is -2.12. The van der Waals surface area contributed by atoms with Crippen molar-refractivity contribution in [2.45, 2.75) is 12.8 Å². The van der Waals surface area contributed by atoms with E-state index in [2.05, 4.69) is 15.3 Å². The van der Waals surface area contributed by atoms with E-state index in [0.717, 1.165) is 22.6 Å². The minimum Gasteiger partial charge on any atom is -0.497 e. The maximum atomic E-state index is 12.3. The van der Waals surface area contributed by atoms with Crippen molar-refractivity contribution in [2.24, 2.45) is 0 Å². The number of thiazole rings is 1. The summed E-state index contributed by atoms with van der Waals surface area (Å²) >= 11 is 1.39. The number of aromatic nitrogens is 2. The van der Waals surface area contributed by atoms with Crippen LogP contribution in [0.3, 0.4) is 0 Å². The smallest absolute Gasteiger partial charge is 0.226 e. The van der Waals surface area contributed by atoms with Gasteiger partial charge in [-0.2, -0.15) is 0 Å². The van der Waals surface area contributed by atoms with Crippen molar-refractivity contribution in [3.63, 3.8) is 0 Å². The Bertz CT molecular complexity index is 1090. The summed E-state index contributed by atoms with van der Waals surface area (Å²) in [4.78, 5) is 21.0. The van der Waals surface area contributed by atoms with Gasteiger partial charge in [0.1, 0.15) is 5.75 Å². The minimum absolute atomic E-state index is 0.125. The number of aryl methyl sites for hydroxylation is 1. The molecule has 6 nitrogen and oxygen atoms in total. The van der Waals surface area contributed by atoms with Crippen LogP contribution in [0.4, 0.5) is 5.13 Å². The highest BCUT2D eigenvalue weighted by atomic mass is 32.1. The Morgan fingerprint density at radius 2 is 1.90 bits per heavy atom. The number of carbonyl (C=O) groups is 1. The van der Waals surface area contributed by atoms with Crippen molar-refractivity contribution in [2.75, 3.05) is 12.4 Å². The number of oxazole rings is 1. The van der Waals surface area contributed by atoms with Crippen molar-refractivity contribution >= 4 is 22.4 Å². The van der Waals surface area contributed by atoms with Gasteiger partial charge in [-0.1, -0.05) is 30.3 Å². The van der Waals surface area contributed by atoms with E-state index in [9.17, 15) is 4.79 Å². The van der Waals surface area contributed by atoms with E-state index >= 15 is 0 Å². The molecule has 0 aliphatic carbocycles. The molecule has 0 unspecified atom stereocenters. The van der Waals surface area contributed by atoms with Gasteiger partial charge in [-0.15, -0.1) is 11.3 Å². The fraction of sp³-hybridized carbons (Fsp3) is 0.136. The SMILES string of the molecule is COc1ccc(-c2csc(NC(=O)CCc3ncc(-c4ccccc4)o3)n2)cc1. The number of amides is 1. The molecule has 146 valence electrons. The molecule has 0 saturated heterocycles. The van der Waals surface area contributed by atoms with Crippen molar-refractivity contribution < 1.29 is 13.9 Å². The van der Waals surface area contributed by atoms with Crippen LogP contribution in [-0.4, -0.2) is 23.0 Å². The van der Waals surface area contributed by atoms with Gasteiger partial charge in [0.15, 0.2) is 16.8 Å². The second-order valence-electron chi connectivity index (χ2n) is 6.30. The predicted octanol–water partition coefficient (Wildman–Crippen LogP) is 5.05. The molecule has 1 amide bonds. The number of methoxy groups -OCH3 is 1. The molecule has 0 bridgehead atoms. The summed E-state index contributed by atoms with van der Waals surface area (Å²) in [6.07, 6.45) is 2.38. The molecule has 0 saturated carbocycles. The van der Waals surface area contributed by atoms with E-state index < -0.39 is 0 Å². The zero-order valence-electron chi connectivity index (χ0n) is 15.8. The Hall–Kier alpha value is -3.45. The first kappa shape index (κ1) is 18.9. The summed E-state index contributed by atoms with van der Waals surface area (Å²) in [5.41, 5.74) is 2.74. The van der Waals surface area contributed by atoms with E-state index in [1.807, 2.05) is 60.0 Å². The second-order valence-corrected chi connectivity index (χ2v) is 7.16. The van der Waals surface area contributed by atoms with Gasteiger partial charge < -0.3 is 14.5 Å². The number of nitrogens with zero attached hydrogens (tertiary/aromatic N) is 2. The summed E-state index contributed by atoms with van der Waals surface area (Å²) in [7, 11) is 1.63. The molecular weight excluding hydrogens is 386 g/mol. The molecule has 2 heterocycles. The maximum absolute atomic E-state index is 12.3. The summed E-state index contributed by atoms with van der Waals surface area (Å²) < 4.78 is 10.9. The number of rotatable bonds is 7. The average molecular weight is 405 g/mol. The number of ether oxygens (including phenoxy) is 1. The first-order valence-corrected chi connectivity index (χ1v) is 9.99. The average Bonchev–Trinajstić information content (AvgIpc) is 3.43. The normalized spacial score (nSPS) is 10.7. The second kappa shape index (κ2) is 8.70. The number of benzene rings is 2. The van der Waals surface area contributed by atoms with Crippen molar-refractivity contribution in [1.29, 1.82) is 0 Å². The maximum Gasteiger partial charge on any atom is 0.226 e. The van der Waals surface area contributed by atoms with Crippen LogP contribution < -0.4 is 10.1 Å². The Kier molecular flexibility index (Phi) is 5.67. The van der Waals surface area contributed by atoms with Crippen molar-refractivity contribution in [1.82, 2.24) is 9.97 Å². The number of nitrogens with one attached hydrogen (secondary N) is 1. The fourth-order valence-corrected chi connectivity index (χ4v) is 3.53. The van der Waals surface area contributed by atoms with Crippen LogP contribution in [-0.2, 0) is 11.2 Å². The number of carbonyl (C=O) groups excluding carboxylic acids is 1. The lowest BCUT2D eigenvalue weighted by atomic mass is 10.2.